The highest BCUT2D eigenvalue weighted by Gasteiger charge is 2.29. The van der Waals surface area contributed by atoms with Crippen LogP contribution in [0.4, 0.5) is 0 Å². The van der Waals surface area contributed by atoms with Gasteiger partial charge in [0.25, 0.3) is 0 Å². The molecular formula is C4H7IO3. The average molecular weight is 230 g/mol. The second kappa shape index (κ2) is 2.63. The lowest BCUT2D eigenvalue weighted by Gasteiger charge is -2.10. The molecule has 0 heterocycles. The number of rotatable bonds is 2. The van der Waals surface area contributed by atoms with Crippen LogP contribution < -0.4 is 0 Å². The van der Waals surface area contributed by atoms with Crippen LogP contribution in [-0.2, 0) is 4.79 Å². The molecule has 0 bridgehead atoms. The van der Waals surface area contributed by atoms with Crippen molar-refractivity contribution in [3.05, 3.63) is 0 Å². The van der Waals surface area contributed by atoms with Gasteiger partial charge in [-0.3, -0.25) is 0 Å². The van der Waals surface area contributed by atoms with E-state index in [1.54, 1.807) is 6.92 Å². The maximum Gasteiger partial charge on any atom is 0.346 e. The molecule has 0 aliphatic heterocycles. The molecule has 0 rings (SSSR count). The summed E-state index contributed by atoms with van der Waals surface area (Å²) in [5.74, 6) is -1.18. The van der Waals surface area contributed by atoms with Gasteiger partial charge in [-0.15, -0.1) is 0 Å². The maximum absolute atomic E-state index is 9.99. The van der Waals surface area contributed by atoms with Gasteiger partial charge in [0, 0.05) is 0 Å². The van der Waals surface area contributed by atoms with Gasteiger partial charge in [-0.05, 0) is 29.0 Å². The summed E-state index contributed by atoms with van der Waals surface area (Å²) in [5.41, 5.74) is 0. The molecule has 48 valence electrons. The topological polar surface area (TPSA) is 57.5 Å². The Morgan fingerprint density at radius 3 is 2.25 bits per heavy atom. The van der Waals surface area contributed by atoms with Crippen molar-refractivity contribution in [2.24, 2.45) is 0 Å². The Kier molecular flexibility index (Phi) is 2.68. The number of halogens is 1. The van der Waals surface area contributed by atoms with Gasteiger partial charge in [0.05, 0.1) is 0 Å². The summed E-state index contributed by atoms with van der Waals surface area (Å²) in [5, 5.41) is 17.0. The van der Waals surface area contributed by atoms with Crippen LogP contribution in [0.25, 0.3) is 0 Å². The summed E-state index contributed by atoms with van der Waals surface area (Å²) >= 11 is 1.49. The Labute approximate surface area is 60.8 Å². The molecular weight excluding hydrogens is 223 g/mol. The lowest BCUT2D eigenvalue weighted by atomic mass is 10.3. The number of aliphatic hydroxyl groups is 1. The van der Waals surface area contributed by atoms with Crippen molar-refractivity contribution >= 4 is 28.6 Å². The zero-order chi connectivity index (χ0) is 6.78. The molecule has 0 radical (unpaired) electrons. The molecule has 0 aromatic heterocycles. The standard InChI is InChI=1S/C4H7IO3/c1-2-4(5,8)3(6)7/h8H,2H2,1H3,(H,6,7). The van der Waals surface area contributed by atoms with Crippen LogP contribution in [0.15, 0.2) is 0 Å². The minimum Gasteiger partial charge on any atom is -0.479 e. The van der Waals surface area contributed by atoms with E-state index in [0.29, 0.717) is 0 Å². The SMILES string of the molecule is CCC(O)(I)C(=O)O. The van der Waals surface area contributed by atoms with E-state index in [-0.39, 0.29) is 6.42 Å². The number of hydrogen-bond donors (Lipinski definition) is 2. The average Bonchev–Trinajstić information content (AvgIpc) is 1.67. The van der Waals surface area contributed by atoms with Gasteiger partial charge in [0.2, 0.25) is 3.61 Å². The zero-order valence-electron chi connectivity index (χ0n) is 4.39. The molecule has 0 saturated heterocycles. The fourth-order valence-electron chi connectivity index (χ4n) is 0.151. The summed E-state index contributed by atoms with van der Waals surface area (Å²) < 4.78 is -1.57. The number of aliphatic carboxylic acids is 1. The molecule has 0 aromatic rings. The lowest BCUT2D eigenvalue weighted by Crippen LogP contribution is -2.29. The number of hydrogen-bond acceptors (Lipinski definition) is 2. The molecule has 1 atom stereocenters. The van der Waals surface area contributed by atoms with Crippen LogP contribution in [0, 0.1) is 0 Å². The predicted molar refractivity (Wildman–Crippen MR) is 36.9 cm³/mol. The van der Waals surface area contributed by atoms with E-state index in [1.807, 2.05) is 0 Å². The minimum atomic E-state index is -1.57. The molecule has 0 saturated carbocycles. The molecule has 2 N–H and O–H groups in total. The molecule has 0 amide bonds. The largest absolute Gasteiger partial charge is 0.479 e. The Hall–Kier alpha value is 0.160. The molecule has 0 aromatic carbocycles. The van der Waals surface area contributed by atoms with E-state index in [0.717, 1.165) is 0 Å². The molecule has 0 fully saturated rings. The number of alkyl halides is 1. The van der Waals surface area contributed by atoms with Crippen molar-refractivity contribution in [3.8, 4) is 0 Å². The summed E-state index contributed by atoms with van der Waals surface area (Å²) in [6.07, 6.45) is 0.225. The number of carboxylic acids is 1. The molecule has 1 unspecified atom stereocenters. The third kappa shape index (κ3) is 1.95. The van der Waals surface area contributed by atoms with Crippen LogP contribution >= 0.6 is 22.6 Å². The zero-order valence-corrected chi connectivity index (χ0v) is 6.55. The van der Waals surface area contributed by atoms with Crippen LogP contribution in [0.2, 0.25) is 0 Å². The van der Waals surface area contributed by atoms with E-state index in [9.17, 15) is 4.79 Å². The first-order valence-electron chi connectivity index (χ1n) is 2.15. The van der Waals surface area contributed by atoms with E-state index >= 15 is 0 Å². The van der Waals surface area contributed by atoms with E-state index in [1.165, 1.54) is 22.6 Å². The first-order chi connectivity index (χ1) is 3.50. The third-order valence-corrected chi connectivity index (χ3v) is 2.02. The van der Waals surface area contributed by atoms with Gasteiger partial charge in [-0.25, -0.2) is 4.79 Å². The van der Waals surface area contributed by atoms with Gasteiger partial charge in [-0.1, -0.05) is 6.92 Å². The first kappa shape index (κ1) is 8.16. The van der Waals surface area contributed by atoms with E-state index in [4.69, 9.17) is 10.2 Å². The third-order valence-electron chi connectivity index (χ3n) is 0.796. The van der Waals surface area contributed by atoms with Crippen LogP contribution in [-0.4, -0.2) is 19.8 Å². The second-order valence-electron chi connectivity index (χ2n) is 1.42. The predicted octanol–water partition coefficient (Wildman–Crippen LogP) is 0.605. The quantitative estimate of drug-likeness (QED) is 0.539. The second-order valence-corrected chi connectivity index (χ2v) is 3.20. The van der Waals surface area contributed by atoms with Crippen molar-refractivity contribution in [2.75, 3.05) is 0 Å². The van der Waals surface area contributed by atoms with Crippen LogP contribution in [0.3, 0.4) is 0 Å². The summed E-state index contributed by atoms with van der Waals surface area (Å²) in [7, 11) is 0. The van der Waals surface area contributed by atoms with Crippen LogP contribution in [0.1, 0.15) is 13.3 Å². The lowest BCUT2D eigenvalue weighted by molar-refractivity contribution is -0.148. The van der Waals surface area contributed by atoms with E-state index < -0.39 is 9.58 Å². The summed E-state index contributed by atoms with van der Waals surface area (Å²) in [4.78, 5) is 9.99. The smallest absolute Gasteiger partial charge is 0.346 e. The monoisotopic (exact) mass is 230 g/mol. The highest BCUT2D eigenvalue weighted by atomic mass is 127. The van der Waals surface area contributed by atoms with Crippen molar-refractivity contribution in [1.82, 2.24) is 0 Å². The molecule has 0 aliphatic carbocycles. The highest BCUT2D eigenvalue weighted by molar-refractivity contribution is 14.1. The Morgan fingerprint density at radius 2 is 2.25 bits per heavy atom. The maximum atomic E-state index is 9.99. The minimum absolute atomic E-state index is 0.225. The molecule has 0 aliphatic rings. The highest BCUT2D eigenvalue weighted by Crippen LogP contribution is 2.18. The fourth-order valence-corrected chi connectivity index (χ4v) is 0.151. The normalized spacial score (nSPS) is 17.4. The summed E-state index contributed by atoms with van der Waals surface area (Å²) in [6.45, 7) is 1.61. The van der Waals surface area contributed by atoms with Crippen LogP contribution in [0.5, 0.6) is 0 Å². The molecule has 8 heavy (non-hydrogen) atoms. The summed E-state index contributed by atoms with van der Waals surface area (Å²) in [6, 6.07) is 0. The van der Waals surface area contributed by atoms with Crippen molar-refractivity contribution in [2.45, 2.75) is 17.0 Å². The molecule has 4 heteroatoms. The Balaban J connectivity index is 3.91. The van der Waals surface area contributed by atoms with Crippen molar-refractivity contribution in [3.63, 3.8) is 0 Å². The van der Waals surface area contributed by atoms with Crippen molar-refractivity contribution < 1.29 is 15.0 Å². The van der Waals surface area contributed by atoms with Gasteiger partial charge in [0.15, 0.2) is 0 Å². The number of carbonyl (C=O) groups is 1. The van der Waals surface area contributed by atoms with Crippen molar-refractivity contribution in [1.29, 1.82) is 0 Å². The van der Waals surface area contributed by atoms with Gasteiger partial charge < -0.3 is 10.2 Å². The molecule has 0 spiro atoms. The first-order valence-corrected chi connectivity index (χ1v) is 3.23. The molecule has 3 nitrogen and oxygen atoms in total. The van der Waals surface area contributed by atoms with Gasteiger partial charge in [-0.2, -0.15) is 0 Å². The Morgan fingerprint density at radius 1 is 1.88 bits per heavy atom. The Bertz CT molecular complexity index is 99.5. The van der Waals surface area contributed by atoms with Gasteiger partial charge in [0.1, 0.15) is 0 Å². The number of carboxylic acid groups (broad SMARTS) is 1. The van der Waals surface area contributed by atoms with Gasteiger partial charge >= 0.3 is 5.97 Å². The fraction of sp³-hybridized carbons (Fsp3) is 0.750. The van der Waals surface area contributed by atoms with E-state index in [2.05, 4.69) is 0 Å².